The van der Waals surface area contributed by atoms with Crippen molar-refractivity contribution in [1.82, 2.24) is 9.13 Å². The van der Waals surface area contributed by atoms with Crippen LogP contribution in [0.5, 0.6) is 5.75 Å². The summed E-state index contributed by atoms with van der Waals surface area (Å²) in [7, 11) is 1.50. The second kappa shape index (κ2) is 7.74. The van der Waals surface area contributed by atoms with Gasteiger partial charge in [-0.15, -0.1) is 0 Å². The molecule has 0 radical (unpaired) electrons. The van der Waals surface area contributed by atoms with Crippen molar-refractivity contribution in [2.45, 2.75) is 13.5 Å². The van der Waals surface area contributed by atoms with E-state index in [9.17, 15) is 14.4 Å². The van der Waals surface area contributed by atoms with E-state index in [1.807, 2.05) is 19.1 Å². The lowest BCUT2D eigenvalue weighted by Crippen LogP contribution is -2.41. The van der Waals surface area contributed by atoms with E-state index in [0.29, 0.717) is 17.1 Å². The maximum atomic E-state index is 12.5. The number of carbonyl (C=O) groups is 1. The number of methoxy groups -OCH3 is 1. The van der Waals surface area contributed by atoms with Crippen LogP contribution in [0.2, 0.25) is 0 Å². The van der Waals surface area contributed by atoms with Crippen LogP contribution in [0.25, 0.3) is 5.69 Å². The molecule has 0 aliphatic carbocycles. The maximum Gasteiger partial charge on any atom is 0.320 e. The van der Waals surface area contributed by atoms with Gasteiger partial charge < -0.3 is 10.1 Å². The Bertz CT molecular complexity index is 1100. The van der Waals surface area contributed by atoms with Gasteiger partial charge in [0, 0.05) is 12.4 Å². The summed E-state index contributed by atoms with van der Waals surface area (Å²) in [5.74, 6) is 0.0720. The molecule has 138 valence electrons. The number of anilines is 1. The van der Waals surface area contributed by atoms with E-state index in [0.717, 1.165) is 10.1 Å². The molecule has 2 aromatic carbocycles. The van der Waals surface area contributed by atoms with E-state index in [4.69, 9.17) is 4.74 Å². The van der Waals surface area contributed by atoms with Crippen LogP contribution in [0.3, 0.4) is 0 Å². The molecule has 0 saturated carbocycles. The third-order valence-corrected chi connectivity index (χ3v) is 4.13. The number of amides is 1. The molecule has 0 aliphatic heterocycles. The predicted octanol–water partition coefficient (Wildman–Crippen LogP) is 1.95. The van der Waals surface area contributed by atoms with Crippen molar-refractivity contribution < 1.29 is 9.53 Å². The van der Waals surface area contributed by atoms with Crippen LogP contribution in [-0.4, -0.2) is 22.2 Å². The molecule has 0 bridgehead atoms. The molecule has 1 N–H and O–H groups in total. The van der Waals surface area contributed by atoms with Crippen LogP contribution in [0.1, 0.15) is 5.56 Å². The number of hydrogen-bond donors (Lipinski definition) is 1. The van der Waals surface area contributed by atoms with E-state index in [-0.39, 0.29) is 6.54 Å². The lowest BCUT2D eigenvalue weighted by atomic mass is 10.2. The number of para-hydroxylation sites is 3. The minimum Gasteiger partial charge on any atom is -0.495 e. The first-order chi connectivity index (χ1) is 13.0. The SMILES string of the molecule is COc1ccccc1NC(=O)Cn1ccn(-c2ccccc2C)c(=O)c1=O. The van der Waals surface area contributed by atoms with E-state index >= 15 is 0 Å². The van der Waals surface area contributed by atoms with Crippen LogP contribution >= 0.6 is 0 Å². The number of benzene rings is 2. The molecule has 0 saturated heterocycles. The molecule has 1 aromatic heterocycles. The summed E-state index contributed by atoms with van der Waals surface area (Å²) in [5, 5.41) is 2.68. The molecule has 1 amide bonds. The van der Waals surface area contributed by atoms with Gasteiger partial charge in [0.15, 0.2) is 0 Å². The van der Waals surface area contributed by atoms with Gasteiger partial charge in [-0.05, 0) is 30.7 Å². The summed E-state index contributed by atoms with van der Waals surface area (Å²) in [6.45, 7) is 1.58. The first kappa shape index (κ1) is 18.2. The fourth-order valence-corrected chi connectivity index (χ4v) is 2.75. The highest BCUT2D eigenvalue weighted by atomic mass is 16.5. The quantitative estimate of drug-likeness (QED) is 0.701. The van der Waals surface area contributed by atoms with Crippen LogP contribution in [-0.2, 0) is 11.3 Å². The van der Waals surface area contributed by atoms with Crippen molar-refractivity contribution in [2.75, 3.05) is 12.4 Å². The van der Waals surface area contributed by atoms with Crippen molar-refractivity contribution in [3.05, 3.63) is 87.2 Å². The van der Waals surface area contributed by atoms with Gasteiger partial charge >= 0.3 is 11.1 Å². The molecule has 0 fully saturated rings. The molecule has 1 heterocycles. The van der Waals surface area contributed by atoms with E-state index in [1.54, 1.807) is 36.4 Å². The fraction of sp³-hybridized carbons (Fsp3) is 0.150. The van der Waals surface area contributed by atoms with E-state index in [1.165, 1.54) is 24.1 Å². The predicted molar refractivity (Wildman–Crippen MR) is 103 cm³/mol. The Hall–Kier alpha value is -3.61. The summed E-state index contributed by atoms with van der Waals surface area (Å²) in [4.78, 5) is 37.2. The van der Waals surface area contributed by atoms with Crippen molar-refractivity contribution in [1.29, 1.82) is 0 Å². The summed E-state index contributed by atoms with van der Waals surface area (Å²) in [6.07, 6.45) is 2.92. The number of nitrogens with zero attached hydrogens (tertiary/aromatic N) is 2. The zero-order valence-corrected chi connectivity index (χ0v) is 15.0. The average Bonchev–Trinajstić information content (AvgIpc) is 2.67. The van der Waals surface area contributed by atoms with Crippen molar-refractivity contribution in [3.63, 3.8) is 0 Å². The van der Waals surface area contributed by atoms with Gasteiger partial charge in [-0.2, -0.15) is 0 Å². The topological polar surface area (TPSA) is 82.3 Å². The normalized spacial score (nSPS) is 10.4. The molecule has 0 atom stereocenters. The Morgan fingerprint density at radius 1 is 1.00 bits per heavy atom. The largest absolute Gasteiger partial charge is 0.495 e. The minimum absolute atomic E-state index is 0.277. The molecule has 27 heavy (non-hydrogen) atoms. The number of aromatic nitrogens is 2. The van der Waals surface area contributed by atoms with Crippen LogP contribution in [0.4, 0.5) is 5.69 Å². The van der Waals surface area contributed by atoms with Crippen LogP contribution in [0, 0.1) is 6.92 Å². The summed E-state index contributed by atoms with van der Waals surface area (Å²) >= 11 is 0. The van der Waals surface area contributed by atoms with Crippen molar-refractivity contribution in [2.24, 2.45) is 0 Å². The highest BCUT2D eigenvalue weighted by molar-refractivity contribution is 5.92. The molecule has 7 nitrogen and oxygen atoms in total. The Kier molecular flexibility index (Phi) is 5.21. The second-order valence-corrected chi connectivity index (χ2v) is 5.94. The van der Waals surface area contributed by atoms with Crippen LogP contribution < -0.4 is 21.2 Å². The van der Waals surface area contributed by atoms with Gasteiger partial charge in [0.05, 0.1) is 18.5 Å². The first-order valence-corrected chi connectivity index (χ1v) is 8.32. The molecule has 3 rings (SSSR count). The van der Waals surface area contributed by atoms with E-state index in [2.05, 4.69) is 5.32 Å². The molecule has 3 aromatic rings. The number of nitrogens with one attached hydrogen (secondary N) is 1. The molecule has 0 aliphatic rings. The lowest BCUT2D eigenvalue weighted by Gasteiger charge is -2.12. The summed E-state index contributed by atoms with van der Waals surface area (Å²) < 4.78 is 7.55. The number of ether oxygens (including phenoxy) is 1. The standard InChI is InChI=1S/C20H19N3O4/c1-14-7-3-5-9-16(14)23-12-11-22(19(25)20(23)26)13-18(24)21-15-8-4-6-10-17(15)27-2/h3-12H,13H2,1-2H3,(H,21,24). The highest BCUT2D eigenvalue weighted by Crippen LogP contribution is 2.22. The smallest absolute Gasteiger partial charge is 0.320 e. The van der Waals surface area contributed by atoms with Crippen molar-refractivity contribution >= 4 is 11.6 Å². The summed E-state index contributed by atoms with van der Waals surface area (Å²) in [6, 6.07) is 14.2. The number of rotatable bonds is 5. The van der Waals surface area contributed by atoms with Gasteiger partial charge in [-0.25, -0.2) is 0 Å². The van der Waals surface area contributed by atoms with Gasteiger partial charge in [0.2, 0.25) is 5.91 Å². The number of hydrogen-bond acceptors (Lipinski definition) is 4. The summed E-state index contributed by atoms with van der Waals surface area (Å²) in [5.41, 5.74) is 0.509. The molecule has 0 unspecified atom stereocenters. The van der Waals surface area contributed by atoms with Gasteiger partial charge in [-0.1, -0.05) is 30.3 Å². The monoisotopic (exact) mass is 365 g/mol. The van der Waals surface area contributed by atoms with Gasteiger partial charge in [0.1, 0.15) is 12.3 Å². The third kappa shape index (κ3) is 3.82. The van der Waals surface area contributed by atoms with Gasteiger partial charge in [-0.3, -0.25) is 23.5 Å². The Balaban J connectivity index is 1.85. The Morgan fingerprint density at radius 2 is 1.70 bits per heavy atom. The average molecular weight is 365 g/mol. The second-order valence-electron chi connectivity index (χ2n) is 5.94. The zero-order chi connectivity index (χ0) is 19.4. The zero-order valence-electron chi connectivity index (χ0n) is 15.0. The molecular weight excluding hydrogens is 346 g/mol. The number of carbonyl (C=O) groups excluding carboxylic acids is 1. The lowest BCUT2D eigenvalue weighted by molar-refractivity contribution is -0.116. The van der Waals surface area contributed by atoms with Crippen LogP contribution in [0.15, 0.2) is 70.5 Å². The Labute approximate surface area is 155 Å². The minimum atomic E-state index is -0.768. The highest BCUT2D eigenvalue weighted by Gasteiger charge is 2.12. The molecule has 0 spiro atoms. The number of aryl methyl sites for hydroxylation is 1. The fourth-order valence-electron chi connectivity index (χ4n) is 2.75. The molecule has 7 heteroatoms. The Morgan fingerprint density at radius 3 is 2.44 bits per heavy atom. The first-order valence-electron chi connectivity index (χ1n) is 8.32. The molecular formula is C20H19N3O4. The van der Waals surface area contributed by atoms with Crippen molar-refractivity contribution in [3.8, 4) is 11.4 Å². The third-order valence-electron chi connectivity index (χ3n) is 4.13. The van der Waals surface area contributed by atoms with Gasteiger partial charge in [0.25, 0.3) is 0 Å². The van der Waals surface area contributed by atoms with E-state index < -0.39 is 17.0 Å². The maximum absolute atomic E-state index is 12.5.